The van der Waals surface area contributed by atoms with E-state index in [1.165, 1.54) is 24.0 Å². The monoisotopic (exact) mass is 220 g/mol. The summed E-state index contributed by atoms with van der Waals surface area (Å²) in [6.07, 6.45) is 2.36. The summed E-state index contributed by atoms with van der Waals surface area (Å²) >= 11 is 3.86. The molecule has 2 heteroatoms. The van der Waals surface area contributed by atoms with Gasteiger partial charge in [-0.2, -0.15) is 0 Å². The van der Waals surface area contributed by atoms with E-state index in [1.54, 1.807) is 20.9 Å². The molecular weight excluding hydrogens is 208 g/mol. The maximum atomic E-state index is 2.30. The lowest BCUT2D eigenvalue weighted by molar-refractivity contribution is 1.04. The van der Waals surface area contributed by atoms with Crippen LogP contribution in [0.2, 0.25) is 0 Å². The van der Waals surface area contributed by atoms with Gasteiger partial charge in [-0.15, -0.1) is 22.7 Å². The third-order valence-electron chi connectivity index (χ3n) is 3.06. The Labute approximate surface area is 92.2 Å². The van der Waals surface area contributed by atoms with E-state index in [-0.39, 0.29) is 0 Å². The van der Waals surface area contributed by atoms with Crippen molar-refractivity contribution >= 4 is 22.7 Å². The van der Waals surface area contributed by atoms with Gasteiger partial charge in [-0.25, -0.2) is 0 Å². The van der Waals surface area contributed by atoms with Crippen LogP contribution in [0.25, 0.3) is 0 Å². The van der Waals surface area contributed by atoms with Crippen LogP contribution >= 0.6 is 22.7 Å². The number of fused-ring (bicyclic) bond motifs is 2. The zero-order valence-electron chi connectivity index (χ0n) is 8.39. The molecule has 3 rings (SSSR count). The molecule has 0 spiro atoms. The number of hydrogen-bond donors (Lipinski definition) is 0. The Bertz CT molecular complexity index is 442. The van der Waals surface area contributed by atoms with E-state index in [0.717, 1.165) is 0 Å². The molecule has 2 aromatic rings. The zero-order chi connectivity index (χ0) is 9.71. The Morgan fingerprint density at radius 3 is 1.71 bits per heavy atom. The summed E-state index contributed by atoms with van der Waals surface area (Å²) in [5, 5.41) is 4.60. The van der Waals surface area contributed by atoms with Crippen LogP contribution in [0.1, 0.15) is 32.0 Å². The minimum absolute atomic E-state index is 1.18. The Morgan fingerprint density at radius 2 is 1.29 bits per heavy atom. The maximum absolute atomic E-state index is 2.30. The first-order chi connectivity index (χ1) is 6.75. The van der Waals surface area contributed by atoms with Gasteiger partial charge in [0, 0.05) is 22.6 Å². The molecule has 2 heterocycles. The highest BCUT2D eigenvalue weighted by molar-refractivity contribution is 7.11. The molecule has 0 saturated heterocycles. The largest absolute Gasteiger partial charge is 0.148 e. The van der Waals surface area contributed by atoms with Crippen LogP contribution in [0, 0.1) is 13.8 Å². The molecule has 72 valence electrons. The van der Waals surface area contributed by atoms with Crippen molar-refractivity contribution in [1.82, 2.24) is 0 Å². The van der Waals surface area contributed by atoms with E-state index >= 15 is 0 Å². The van der Waals surface area contributed by atoms with Crippen LogP contribution in [-0.4, -0.2) is 0 Å². The molecule has 0 aliphatic heterocycles. The van der Waals surface area contributed by atoms with Gasteiger partial charge in [-0.05, 0) is 46.9 Å². The van der Waals surface area contributed by atoms with Gasteiger partial charge >= 0.3 is 0 Å². The van der Waals surface area contributed by atoms with Crippen LogP contribution in [0.4, 0.5) is 0 Å². The van der Waals surface area contributed by atoms with Crippen molar-refractivity contribution in [2.75, 3.05) is 0 Å². The normalized spacial score (nSPS) is 13.9. The highest BCUT2D eigenvalue weighted by Crippen LogP contribution is 2.37. The predicted octanol–water partition coefficient (Wildman–Crippen LogP) is 3.92. The van der Waals surface area contributed by atoms with Gasteiger partial charge < -0.3 is 0 Å². The molecule has 0 saturated carbocycles. The minimum Gasteiger partial charge on any atom is -0.148 e. The lowest BCUT2D eigenvalue weighted by Crippen LogP contribution is -2.03. The second-order valence-corrected chi connectivity index (χ2v) is 5.92. The number of rotatable bonds is 0. The lowest BCUT2D eigenvalue weighted by atomic mass is 9.94. The smallest absolute Gasteiger partial charge is 0.0128 e. The molecule has 0 unspecified atom stereocenters. The fourth-order valence-electron chi connectivity index (χ4n) is 2.14. The molecule has 0 amide bonds. The molecule has 0 N–H and O–H groups in total. The van der Waals surface area contributed by atoms with Gasteiger partial charge in [0.2, 0.25) is 0 Å². The predicted molar refractivity (Wildman–Crippen MR) is 63.7 cm³/mol. The van der Waals surface area contributed by atoms with E-state index in [1.807, 2.05) is 22.7 Å². The average molecular weight is 220 g/mol. The van der Waals surface area contributed by atoms with E-state index in [9.17, 15) is 0 Å². The van der Waals surface area contributed by atoms with Crippen LogP contribution < -0.4 is 0 Å². The van der Waals surface area contributed by atoms with Crippen molar-refractivity contribution in [2.24, 2.45) is 0 Å². The van der Waals surface area contributed by atoms with E-state index in [4.69, 9.17) is 0 Å². The summed E-state index contributed by atoms with van der Waals surface area (Å²) in [6.45, 7) is 4.47. The third-order valence-corrected chi connectivity index (χ3v) is 5.35. The van der Waals surface area contributed by atoms with Gasteiger partial charge in [0.15, 0.2) is 0 Å². The van der Waals surface area contributed by atoms with Crippen LogP contribution in [0.15, 0.2) is 10.8 Å². The summed E-state index contributed by atoms with van der Waals surface area (Å²) in [7, 11) is 0. The molecule has 0 fully saturated rings. The lowest BCUT2D eigenvalue weighted by Gasteiger charge is -2.13. The topological polar surface area (TPSA) is 0 Å². The second kappa shape index (κ2) is 2.94. The van der Waals surface area contributed by atoms with Crippen molar-refractivity contribution in [1.29, 1.82) is 0 Å². The number of hydrogen-bond acceptors (Lipinski definition) is 2. The van der Waals surface area contributed by atoms with Gasteiger partial charge in [-0.1, -0.05) is 0 Å². The van der Waals surface area contributed by atoms with E-state index < -0.39 is 0 Å². The molecular formula is C12H12S2. The van der Waals surface area contributed by atoms with Gasteiger partial charge in [0.25, 0.3) is 0 Å². The van der Waals surface area contributed by atoms with Crippen molar-refractivity contribution in [3.05, 3.63) is 42.8 Å². The van der Waals surface area contributed by atoms with Crippen LogP contribution in [-0.2, 0) is 12.8 Å². The molecule has 1 aliphatic rings. The minimum atomic E-state index is 1.18. The first kappa shape index (κ1) is 8.69. The summed E-state index contributed by atoms with van der Waals surface area (Å²) in [5.74, 6) is 0. The molecule has 0 atom stereocenters. The van der Waals surface area contributed by atoms with E-state index in [0.29, 0.717) is 0 Å². The number of aryl methyl sites for hydroxylation is 2. The van der Waals surface area contributed by atoms with Gasteiger partial charge in [0.1, 0.15) is 0 Å². The highest BCUT2D eigenvalue weighted by atomic mass is 32.1. The SMILES string of the molecule is Cc1csc2c1Cc1scc(C)c1C2. The molecule has 14 heavy (non-hydrogen) atoms. The standard InChI is InChI=1S/C12H12S2/c1-7-5-13-11-4-10-8(2)6-14-12(10)3-9(7)11/h5-6H,3-4H2,1-2H3. The summed E-state index contributed by atoms with van der Waals surface area (Å²) in [4.78, 5) is 3.19. The van der Waals surface area contributed by atoms with Crippen LogP contribution in [0.3, 0.4) is 0 Å². The molecule has 0 aromatic carbocycles. The number of thiophene rings is 2. The molecule has 0 nitrogen and oxygen atoms in total. The van der Waals surface area contributed by atoms with Gasteiger partial charge in [0.05, 0.1) is 0 Å². The van der Waals surface area contributed by atoms with Crippen molar-refractivity contribution in [2.45, 2.75) is 26.7 Å². The summed E-state index contributed by atoms with van der Waals surface area (Å²) < 4.78 is 0. The Balaban J connectivity index is 2.15. The Hall–Kier alpha value is -0.600. The van der Waals surface area contributed by atoms with Gasteiger partial charge in [-0.3, -0.25) is 0 Å². The van der Waals surface area contributed by atoms with Crippen LogP contribution in [0.5, 0.6) is 0 Å². The molecule has 0 radical (unpaired) electrons. The quantitative estimate of drug-likeness (QED) is 0.538. The average Bonchev–Trinajstić information content (AvgIpc) is 2.71. The van der Waals surface area contributed by atoms with Crippen molar-refractivity contribution < 1.29 is 0 Å². The fraction of sp³-hybridized carbons (Fsp3) is 0.333. The third kappa shape index (κ3) is 1.11. The maximum Gasteiger partial charge on any atom is 0.0128 e. The zero-order valence-corrected chi connectivity index (χ0v) is 10.0. The fourth-order valence-corrected chi connectivity index (χ4v) is 4.27. The van der Waals surface area contributed by atoms with E-state index in [2.05, 4.69) is 24.6 Å². The molecule has 0 bridgehead atoms. The van der Waals surface area contributed by atoms with Crippen molar-refractivity contribution in [3.63, 3.8) is 0 Å². The Kier molecular flexibility index (Phi) is 1.83. The second-order valence-electron chi connectivity index (χ2n) is 3.99. The Morgan fingerprint density at radius 1 is 0.857 bits per heavy atom. The highest BCUT2D eigenvalue weighted by Gasteiger charge is 2.20. The first-order valence-electron chi connectivity index (χ1n) is 4.87. The summed E-state index contributed by atoms with van der Waals surface area (Å²) in [6, 6.07) is 0. The molecule has 2 aromatic heterocycles. The summed E-state index contributed by atoms with van der Waals surface area (Å²) in [5.41, 5.74) is 6.18. The first-order valence-corrected chi connectivity index (χ1v) is 6.63. The van der Waals surface area contributed by atoms with Crippen molar-refractivity contribution in [3.8, 4) is 0 Å². The molecule has 1 aliphatic carbocycles.